The number of carbonyl (C=O) groups excluding carboxylic acids is 1. The summed E-state index contributed by atoms with van der Waals surface area (Å²) in [7, 11) is 1.50. The summed E-state index contributed by atoms with van der Waals surface area (Å²) in [4.78, 5) is 10.9. The summed E-state index contributed by atoms with van der Waals surface area (Å²) in [5, 5.41) is 9.67. The first-order valence-electron chi connectivity index (χ1n) is 4.64. The van der Waals surface area contributed by atoms with Crippen LogP contribution in [0.25, 0.3) is 0 Å². The monoisotopic (exact) mass is 192 g/mol. The zero-order valence-electron chi connectivity index (χ0n) is 8.04. The topological polar surface area (TPSA) is 46.5 Å². The summed E-state index contributed by atoms with van der Waals surface area (Å²) >= 11 is 0. The summed E-state index contributed by atoms with van der Waals surface area (Å²) < 4.78 is 5.05. The number of phenols is 1. The summed E-state index contributed by atoms with van der Waals surface area (Å²) in [5.41, 5.74) is 2.46. The minimum atomic E-state index is 0.250. The second-order valence-corrected chi connectivity index (χ2v) is 3.44. The molecule has 0 radical (unpaired) electrons. The highest BCUT2D eigenvalue weighted by Gasteiger charge is 2.21. The molecule has 1 aliphatic rings. The van der Waals surface area contributed by atoms with Crippen molar-refractivity contribution >= 4 is 6.29 Å². The van der Waals surface area contributed by atoms with Crippen LogP contribution in [0.15, 0.2) is 6.07 Å². The van der Waals surface area contributed by atoms with Gasteiger partial charge in [0.15, 0.2) is 6.29 Å². The lowest BCUT2D eigenvalue weighted by Gasteiger charge is -2.10. The van der Waals surface area contributed by atoms with E-state index in [1.54, 1.807) is 0 Å². The van der Waals surface area contributed by atoms with Gasteiger partial charge in [0.1, 0.15) is 11.5 Å². The minimum Gasteiger partial charge on any atom is -0.508 e. The molecule has 14 heavy (non-hydrogen) atoms. The van der Waals surface area contributed by atoms with Crippen LogP contribution in [0.4, 0.5) is 0 Å². The maximum Gasteiger partial charge on any atom is 0.154 e. The number of carbonyl (C=O) groups is 1. The largest absolute Gasteiger partial charge is 0.508 e. The average molecular weight is 192 g/mol. The molecule has 0 saturated carbocycles. The Bertz CT molecular complexity index is 383. The number of methoxy groups -OCH3 is 1. The van der Waals surface area contributed by atoms with Crippen molar-refractivity contribution in [2.45, 2.75) is 19.3 Å². The molecule has 1 aromatic carbocycles. The second-order valence-electron chi connectivity index (χ2n) is 3.44. The highest BCUT2D eigenvalue weighted by Crippen LogP contribution is 2.37. The van der Waals surface area contributed by atoms with Gasteiger partial charge in [-0.15, -0.1) is 0 Å². The Morgan fingerprint density at radius 3 is 2.79 bits per heavy atom. The number of benzene rings is 1. The van der Waals surface area contributed by atoms with Crippen molar-refractivity contribution in [2.75, 3.05) is 7.11 Å². The van der Waals surface area contributed by atoms with Crippen molar-refractivity contribution < 1.29 is 14.6 Å². The van der Waals surface area contributed by atoms with Gasteiger partial charge in [-0.25, -0.2) is 0 Å². The number of aromatic hydroxyl groups is 1. The Balaban J connectivity index is 2.67. The maximum absolute atomic E-state index is 10.9. The van der Waals surface area contributed by atoms with Crippen LogP contribution < -0.4 is 4.74 Å². The second kappa shape index (κ2) is 3.33. The van der Waals surface area contributed by atoms with E-state index in [9.17, 15) is 9.90 Å². The fourth-order valence-electron chi connectivity index (χ4n) is 2.06. The SMILES string of the molecule is COc1cc(O)c2c(c1C=O)CCC2. The average Bonchev–Trinajstić information content (AvgIpc) is 2.66. The molecule has 3 nitrogen and oxygen atoms in total. The molecule has 0 aromatic heterocycles. The Morgan fingerprint density at radius 2 is 2.14 bits per heavy atom. The van der Waals surface area contributed by atoms with Crippen molar-refractivity contribution in [3.8, 4) is 11.5 Å². The fourth-order valence-corrected chi connectivity index (χ4v) is 2.06. The molecular weight excluding hydrogens is 180 g/mol. The number of phenolic OH excluding ortho intramolecular Hbond substituents is 1. The van der Waals surface area contributed by atoms with Crippen LogP contribution >= 0.6 is 0 Å². The van der Waals surface area contributed by atoms with Gasteiger partial charge in [0, 0.05) is 6.07 Å². The molecule has 0 spiro atoms. The van der Waals surface area contributed by atoms with Gasteiger partial charge in [-0.2, -0.15) is 0 Å². The molecule has 0 heterocycles. The highest BCUT2D eigenvalue weighted by molar-refractivity contribution is 5.84. The first-order chi connectivity index (χ1) is 6.77. The third kappa shape index (κ3) is 1.16. The molecular formula is C11H12O3. The van der Waals surface area contributed by atoms with E-state index in [2.05, 4.69) is 0 Å². The summed E-state index contributed by atoms with van der Waals surface area (Å²) in [6.45, 7) is 0. The van der Waals surface area contributed by atoms with Gasteiger partial charge >= 0.3 is 0 Å². The van der Waals surface area contributed by atoms with Crippen LogP contribution in [0.5, 0.6) is 11.5 Å². The van der Waals surface area contributed by atoms with Gasteiger partial charge in [0.2, 0.25) is 0 Å². The van der Waals surface area contributed by atoms with E-state index in [-0.39, 0.29) is 5.75 Å². The fraction of sp³-hybridized carbons (Fsp3) is 0.364. The molecule has 0 unspecified atom stereocenters. The Morgan fingerprint density at radius 1 is 1.43 bits per heavy atom. The molecule has 1 N–H and O–H groups in total. The van der Waals surface area contributed by atoms with Crippen molar-refractivity contribution in [2.24, 2.45) is 0 Å². The number of ether oxygens (including phenoxy) is 1. The Kier molecular flexibility index (Phi) is 2.15. The lowest BCUT2D eigenvalue weighted by molar-refractivity contribution is 0.111. The van der Waals surface area contributed by atoms with Crippen LogP contribution in [-0.4, -0.2) is 18.5 Å². The molecule has 0 saturated heterocycles. The summed E-state index contributed by atoms with van der Waals surface area (Å²) in [6, 6.07) is 1.52. The summed E-state index contributed by atoms with van der Waals surface area (Å²) in [6.07, 6.45) is 3.51. The van der Waals surface area contributed by atoms with Gasteiger partial charge in [0.05, 0.1) is 12.7 Å². The van der Waals surface area contributed by atoms with E-state index in [1.165, 1.54) is 13.2 Å². The van der Waals surface area contributed by atoms with Gasteiger partial charge in [-0.3, -0.25) is 4.79 Å². The van der Waals surface area contributed by atoms with Gasteiger partial charge < -0.3 is 9.84 Å². The third-order valence-electron chi connectivity index (χ3n) is 2.72. The van der Waals surface area contributed by atoms with Crippen molar-refractivity contribution in [3.63, 3.8) is 0 Å². The number of fused-ring (bicyclic) bond motifs is 1. The van der Waals surface area contributed by atoms with E-state index >= 15 is 0 Å². The van der Waals surface area contributed by atoms with E-state index in [0.717, 1.165) is 36.7 Å². The predicted octanol–water partition coefficient (Wildman–Crippen LogP) is 1.70. The van der Waals surface area contributed by atoms with Crippen LogP contribution in [-0.2, 0) is 12.8 Å². The van der Waals surface area contributed by atoms with Gasteiger partial charge in [-0.1, -0.05) is 0 Å². The quantitative estimate of drug-likeness (QED) is 0.725. The lowest BCUT2D eigenvalue weighted by atomic mass is 10.0. The van der Waals surface area contributed by atoms with Gasteiger partial charge in [-0.05, 0) is 30.4 Å². The first-order valence-corrected chi connectivity index (χ1v) is 4.64. The highest BCUT2D eigenvalue weighted by atomic mass is 16.5. The lowest BCUT2D eigenvalue weighted by Crippen LogP contribution is -1.97. The van der Waals surface area contributed by atoms with Crippen molar-refractivity contribution in [1.29, 1.82) is 0 Å². The molecule has 74 valence electrons. The molecule has 0 amide bonds. The normalized spacial score (nSPS) is 13.8. The van der Waals surface area contributed by atoms with Crippen LogP contribution in [0, 0.1) is 0 Å². The molecule has 0 fully saturated rings. The van der Waals surface area contributed by atoms with Gasteiger partial charge in [0.25, 0.3) is 0 Å². The number of rotatable bonds is 2. The van der Waals surface area contributed by atoms with Crippen molar-refractivity contribution in [3.05, 3.63) is 22.8 Å². The molecule has 0 atom stereocenters. The summed E-state index contributed by atoms with van der Waals surface area (Å²) in [5.74, 6) is 0.720. The number of hydrogen-bond acceptors (Lipinski definition) is 3. The number of aldehydes is 1. The van der Waals surface area contributed by atoms with E-state index in [1.807, 2.05) is 0 Å². The van der Waals surface area contributed by atoms with E-state index in [0.29, 0.717) is 11.3 Å². The molecule has 0 bridgehead atoms. The molecule has 1 aromatic rings. The Hall–Kier alpha value is -1.51. The zero-order chi connectivity index (χ0) is 10.1. The molecule has 2 rings (SSSR count). The zero-order valence-corrected chi connectivity index (χ0v) is 8.04. The smallest absolute Gasteiger partial charge is 0.154 e. The number of hydrogen-bond donors (Lipinski definition) is 1. The molecule has 1 aliphatic carbocycles. The van der Waals surface area contributed by atoms with Crippen LogP contribution in [0.3, 0.4) is 0 Å². The first kappa shape index (κ1) is 9.06. The Labute approximate surface area is 82.3 Å². The van der Waals surface area contributed by atoms with Crippen molar-refractivity contribution in [1.82, 2.24) is 0 Å². The molecule has 0 aliphatic heterocycles. The van der Waals surface area contributed by atoms with Crippen LogP contribution in [0.2, 0.25) is 0 Å². The van der Waals surface area contributed by atoms with E-state index in [4.69, 9.17) is 4.74 Å². The minimum absolute atomic E-state index is 0.250. The third-order valence-corrected chi connectivity index (χ3v) is 2.72. The van der Waals surface area contributed by atoms with Crippen LogP contribution in [0.1, 0.15) is 27.9 Å². The molecule has 3 heteroatoms. The standard InChI is InChI=1S/C11H12O3/c1-14-11-5-10(13)8-4-2-3-7(8)9(11)6-12/h5-6,13H,2-4H2,1H3. The maximum atomic E-state index is 10.9. The van der Waals surface area contributed by atoms with E-state index < -0.39 is 0 Å². The predicted molar refractivity (Wildman–Crippen MR) is 52.1 cm³/mol.